The van der Waals surface area contributed by atoms with Crippen LogP contribution >= 0.6 is 68.4 Å². The summed E-state index contributed by atoms with van der Waals surface area (Å²) in [4.78, 5) is 12.7. The van der Waals surface area contributed by atoms with E-state index in [2.05, 4.69) is 34.0 Å². The van der Waals surface area contributed by atoms with Crippen LogP contribution in [0.25, 0.3) is 0 Å². The molecule has 4 nitrogen and oxygen atoms in total. The standard InChI is InChI=1S/C22H14Cl2I2N2O2/c1-11-6-15(17(10-27)12-2-4-13(23)5-3-12)18(24)9-20(11)28-22(30)16-7-14(25)8-19(26)21(16)29/h2-9,17,29H,1H3,(H,28,30)/i7+1,8+1,14+1,16+1,19+1,21+1. The van der Waals surface area contributed by atoms with Crippen LogP contribution in [0, 0.1) is 25.4 Å². The maximum absolute atomic E-state index is 12.7. The third-order valence-corrected chi connectivity index (χ3v) is 6.53. The number of halogens is 4. The number of nitrogens with zero attached hydrogens (tertiary/aromatic N) is 1. The maximum Gasteiger partial charge on any atom is 0.259 e. The van der Waals surface area contributed by atoms with Gasteiger partial charge in [-0.2, -0.15) is 5.26 Å². The predicted octanol–water partition coefficient (Wildman–Crippen LogP) is 7.12. The monoisotopic (exact) mass is 668 g/mol. The Morgan fingerprint density at radius 3 is 2.43 bits per heavy atom. The molecule has 1 amide bonds. The Morgan fingerprint density at radius 2 is 1.80 bits per heavy atom. The molecular formula is C22H14Cl2I2N2O2. The Bertz CT molecular complexity index is 1180. The third-order valence-electron chi connectivity index (χ3n) is 4.51. The van der Waals surface area contributed by atoms with Crippen LogP contribution in [0.15, 0.2) is 48.5 Å². The van der Waals surface area contributed by atoms with Crippen molar-refractivity contribution in [1.29, 1.82) is 5.26 Å². The van der Waals surface area contributed by atoms with E-state index < -0.39 is 11.8 Å². The number of nitrogens with one attached hydrogen (secondary N) is 1. The van der Waals surface area contributed by atoms with Crippen LogP contribution in [0.4, 0.5) is 5.69 Å². The van der Waals surface area contributed by atoms with Crippen LogP contribution in [0.3, 0.4) is 0 Å². The molecule has 0 fully saturated rings. The average Bonchev–Trinajstić information content (AvgIpc) is 2.70. The van der Waals surface area contributed by atoms with E-state index in [9.17, 15) is 15.2 Å². The molecule has 0 radical (unpaired) electrons. The first-order valence-corrected chi connectivity index (χ1v) is 11.6. The molecular weight excluding hydrogens is 655 g/mol. The fraction of sp³-hybridized carbons (Fsp3) is 0.0909. The number of amides is 1. The Hall–Kier alpha value is -1.54. The highest BCUT2D eigenvalue weighted by Crippen LogP contribution is 2.35. The molecule has 3 aromatic carbocycles. The van der Waals surface area contributed by atoms with Crippen LogP contribution in [0.1, 0.15) is 33.0 Å². The number of phenolic OH excluding ortho intramolecular Hbond substituents is 1. The van der Waals surface area contributed by atoms with Gasteiger partial charge in [-0.25, -0.2) is 0 Å². The number of hydrogen-bond acceptors (Lipinski definition) is 3. The van der Waals surface area contributed by atoms with E-state index in [1.807, 2.05) is 29.5 Å². The van der Waals surface area contributed by atoms with E-state index in [-0.39, 0.29) is 11.3 Å². The summed E-state index contributed by atoms with van der Waals surface area (Å²) in [6.45, 7) is 1.82. The van der Waals surface area contributed by atoms with E-state index >= 15 is 0 Å². The van der Waals surface area contributed by atoms with Crippen LogP contribution in [0.5, 0.6) is 5.75 Å². The van der Waals surface area contributed by atoms with Crippen molar-refractivity contribution in [1.82, 2.24) is 0 Å². The number of carbonyl (C=O) groups is 1. The zero-order valence-corrected chi connectivity index (χ0v) is 21.3. The number of hydrogen-bond donors (Lipinski definition) is 2. The second-order valence-corrected chi connectivity index (χ2v) is 9.79. The normalized spacial score (nSPS) is 11.6. The summed E-state index contributed by atoms with van der Waals surface area (Å²) < 4.78 is 1.43. The molecule has 0 saturated carbocycles. The predicted molar refractivity (Wildman–Crippen MR) is 137 cm³/mol. The molecule has 0 bridgehead atoms. The van der Waals surface area contributed by atoms with E-state index in [1.54, 1.807) is 48.5 Å². The number of aromatic hydroxyl groups is 1. The lowest BCUT2D eigenvalue weighted by Crippen LogP contribution is -2.14. The van der Waals surface area contributed by atoms with Gasteiger partial charge in [-0.15, -0.1) is 0 Å². The molecule has 1 unspecified atom stereocenters. The van der Waals surface area contributed by atoms with Crippen LogP contribution in [-0.4, -0.2) is 11.0 Å². The zero-order valence-electron chi connectivity index (χ0n) is 15.5. The van der Waals surface area contributed by atoms with Crippen LogP contribution in [-0.2, 0) is 0 Å². The molecule has 2 N–H and O–H groups in total. The van der Waals surface area contributed by atoms with Crippen molar-refractivity contribution in [2.75, 3.05) is 5.32 Å². The van der Waals surface area contributed by atoms with Crippen molar-refractivity contribution in [3.63, 3.8) is 0 Å². The third kappa shape index (κ3) is 5.02. The van der Waals surface area contributed by atoms with Crippen LogP contribution in [0.2, 0.25) is 10.0 Å². The maximum atomic E-state index is 12.7. The van der Waals surface area contributed by atoms with Crippen molar-refractivity contribution < 1.29 is 9.90 Å². The lowest BCUT2D eigenvalue weighted by Gasteiger charge is -2.16. The molecule has 0 spiro atoms. The van der Waals surface area contributed by atoms with E-state index in [0.29, 0.717) is 24.9 Å². The molecule has 0 saturated heterocycles. The molecule has 0 aliphatic heterocycles. The molecule has 0 aliphatic carbocycles. The second-order valence-electron chi connectivity index (χ2n) is 6.54. The molecule has 1 atom stereocenters. The van der Waals surface area contributed by atoms with Gasteiger partial charge in [0, 0.05) is 19.3 Å². The lowest BCUT2D eigenvalue weighted by molar-refractivity contribution is 0.102. The molecule has 3 rings (SSSR count). The topological polar surface area (TPSA) is 73.1 Å². The Balaban J connectivity index is 1.94. The summed E-state index contributed by atoms with van der Waals surface area (Å²) >= 11 is 16.5. The summed E-state index contributed by atoms with van der Waals surface area (Å²) in [6, 6.07) is 16.1. The van der Waals surface area contributed by atoms with Crippen molar-refractivity contribution in [2.24, 2.45) is 0 Å². The lowest BCUT2D eigenvalue weighted by atomic mass is 9.91. The number of phenols is 1. The Labute approximate surface area is 211 Å². The highest BCUT2D eigenvalue weighted by atomic mass is 127. The minimum atomic E-state index is -0.570. The van der Waals surface area contributed by atoms with Gasteiger partial charge in [0.1, 0.15) is 5.75 Å². The van der Waals surface area contributed by atoms with Crippen molar-refractivity contribution in [2.45, 2.75) is 12.8 Å². The molecule has 0 aliphatic rings. The van der Waals surface area contributed by atoms with Gasteiger partial charge in [0.15, 0.2) is 0 Å². The SMILES string of the molecule is Cc1cc(C(C#N)c2ccc(Cl)cc2)c(Cl)cc1NC(=O)[13c]1[13cH][13c](I)[13cH][13c](I)[13c]1O. The summed E-state index contributed by atoms with van der Waals surface area (Å²) in [7, 11) is 0. The largest absolute Gasteiger partial charge is 0.506 e. The first-order chi connectivity index (χ1) is 14.2. The molecule has 30 heavy (non-hydrogen) atoms. The molecule has 3 aromatic rings. The first-order valence-electron chi connectivity index (χ1n) is 8.65. The molecule has 8 heteroatoms. The minimum Gasteiger partial charge on any atom is -0.506 e. The summed E-state index contributed by atoms with van der Waals surface area (Å²) in [5.41, 5.74) is 2.86. The fourth-order valence-electron chi connectivity index (χ4n) is 2.97. The molecule has 0 aromatic heterocycles. The zero-order chi connectivity index (χ0) is 22.0. The van der Waals surface area contributed by atoms with Gasteiger partial charge in [0.2, 0.25) is 0 Å². The van der Waals surface area contributed by atoms with Gasteiger partial charge in [-0.3, -0.25) is 4.79 Å². The van der Waals surface area contributed by atoms with Gasteiger partial charge < -0.3 is 10.4 Å². The summed E-state index contributed by atoms with van der Waals surface area (Å²) in [5, 5.41) is 23.7. The van der Waals surface area contributed by atoms with Crippen molar-refractivity contribution in [3.05, 3.63) is 88.0 Å². The average molecular weight is 669 g/mol. The second kappa shape index (κ2) is 9.73. The van der Waals surface area contributed by atoms with Gasteiger partial charge in [-0.1, -0.05) is 41.4 Å². The van der Waals surface area contributed by atoms with E-state index in [4.69, 9.17) is 23.2 Å². The number of rotatable bonds is 4. The van der Waals surface area contributed by atoms with E-state index in [0.717, 1.165) is 14.7 Å². The van der Waals surface area contributed by atoms with Gasteiger partial charge in [-0.05, 0) is 99.1 Å². The number of benzene rings is 3. The highest BCUT2D eigenvalue weighted by molar-refractivity contribution is 14.1. The Morgan fingerprint density at radius 1 is 1.13 bits per heavy atom. The summed E-state index contributed by atoms with van der Waals surface area (Å²) in [5.74, 6) is -1.08. The van der Waals surface area contributed by atoms with Crippen molar-refractivity contribution in [3.8, 4) is 11.8 Å². The highest BCUT2D eigenvalue weighted by Gasteiger charge is 2.20. The van der Waals surface area contributed by atoms with Crippen molar-refractivity contribution >= 4 is 80.0 Å². The van der Waals surface area contributed by atoms with E-state index in [1.165, 1.54) is 0 Å². The fourth-order valence-corrected chi connectivity index (χ4v) is 5.21. The Kier molecular flexibility index (Phi) is 7.50. The first kappa shape index (κ1) is 23.1. The smallest absolute Gasteiger partial charge is 0.259 e. The quantitative estimate of drug-likeness (QED) is 0.291. The number of nitriles is 1. The number of aryl methyl sites for hydroxylation is 1. The van der Waals surface area contributed by atoms with Gasteiger partial charge in [0.05, 0.1) is 21.1 Å². The number of carbonyl (C=O) groups excluding carboxylic acids is 1. The van der Waals surface area contributed by atoms with Gasteiger partial charge in [0.25, 0.3) is 5.91 Å². The van der Waals surface area contributed by atoms with Gasteiger partial charge >= 0.3 is 0 Å². The summed E-state index contributed by atoms with van der Waals surface area (Å²) in [6.07, 6.45) is 0. The number of anilines is 1. The minimum absolute atomic E-state index is 0.0684. The van der Waals surface area contributed by atoms with Crippen LogP contribution < -0.4 is 5.32 Å². The molecule has 0 heterocycles. The molecule has 152 valence electrons.